The average Bonchev–Trinajstić information content (AvgIpc) is 3.13. The zero-order valence-corrected chi connectivity index (χ0v) is 14.7. The normalized spacial score (nSPS) is 18.7. The van der Waals surface area contributed by atoms with Gasteiger partial charge in [0.2, 0.25) is 0 Å². The molecule has 24 heavy (non-hydrogen) atoms. The van der Waals surface area contributed by atoms with Crippen LogP contribution in [0.4, 0.5) is 0 Å². The SMILES string of the molecule is CC1CCCN(CCNC(=O)c2cn(C)nc2-c2cnn(C)c2)C1. The molecule has 1 saturated heterocycles. The van der Waals surface area contributed by atoms with Crippen molar-refractivity contribution in [1.29, 1.82) is 0 Å². The minimum Gasteiger partial charge on any atom is -0.351 e. The molecular formula is C17H26N6O. The maximum atomic E-state index is 12.6. The molecule has 1 unspecified atom stereocenters. The highest BCUT2D eigenvalue weighted by Crippen LogP contribution is 2.21. The molecule has 130 valence electrons. The molecule has 1 aliphatic heterocycles. The van der Waals surface area contributed by atoms with E-state index in [1.807, 2.05) is 20.3 Å². The standard InChI is InChI=1S/C17H26N6O/c1-13-5-4-7-23(10-13)8-6-18-17(24)15-12-22(3)20-16(15)14-9-19-21(2)11-14/h9,11-13H,4-8,10H2,1-3H3,(H,18,24). The van der Waals surface area contributed by atoms with E-state index in [1.54, 1.807) is 21.8 Å². The van der Waals surface area contributed by atoms with E-state index in [4.69, 9.17) is 0 Å². The maximum absolute atomic E-state index is 12.6. The van der Waals surface area contributed by atoms with Gasteiger partial charge in [0.1, 0.15) is 5.69 Å². The number of aromatic nitrogens is 4. The third-order valence-electron chi connectivity index (χ3n) is 4.51. The van der Waals surface area contributed by atoms with Gasteiger partial charge in [0, 0.05) is 51.7 Å². The summed E-state index contributed by atoms with van der Waals surface area (Å²) in [6.45, 7) is 6.11. The summed E-state index contributed by atoms with van der Waals surface area (Å²) in [6, 6.07) is 0. The summed E-state index contributed by atoms with van der Waals surface area (Å²) in [5, 5.41) is 11.6. The van der Waals surface area contributed by atoms with E-state index in [0.29, 0.717) is 17.8 Å². The number of rotatable bonds is 5. The Labute approximate surface area is 142 Å². The molecule has 3 heterocycles. The fraction of sp³-hybridized carbons (Fsp3) is 0.588. The van der Waals surface area contributed by atoms with Crippen molar-refractivity contribution in [3.63, 3.8) is 0 Å². The highest BCUT2D eigenvalue weighted by atomic mass is 16.1. The monoisotopic (exact) mass is 330 g/mol. The maximum Gasteiger partial charge on any atom is 0.255 e. The lowest BCUT2D eigenvalue weighted by Gasteiger charge is -2.30. The minimum absolute atomic E-state index is 0.0768. The summed E-state index contributed by atoms with van der Waals surface area (Å²) >= 11 is 0. The minimum atomic E-state index is -0.0768. The predicted octanol–water partition coefficient (Wildman–Crippen LogP) is 1.28. The topological polar surface area (TPSA) is 68.0 Å². The molecule has 1 aliphatic rings. The van der Waals surface area contributed by atoms with Crippen molar-refractivity contribution in [2.45, 2.75) is 19.8 Å². The molecule has 7 nitrogen and oxygen atoms in total. The number of nitrogens with zero attached hydrogens (tertiary/aromatic N) is 5. The zero-order chi connectivity index (χ0) is 17.1. The second-order valence-corrected chi connectivity index (χ2v) is 6.77. The van der Waals surface area contributed by atoms with E-state index < -0.39 is 0 Å². The van der Waals surface area contributed by atoms with Crippen LogP contribution in [0.3, 0.4) is 0 Å². The quantitative estimate of drug-likeness (QED) is 0.897. The number of carbonyl (C=O) groups is 1. The van der Waals surface area contributed by atoms with Gasteiger partial charge in [0.05, 0.1) is 11.8 Å². The van der Waals surface area contributed by atoms with Gasteiger partial charge in [0.25, 0.3) is 5.91 Å². The van der Waals surface area contributed by atoms with Crippen LogP contribution in [0.1, 0.15) is 30.1 Å². The van der Waals surface area contributed by atoms with Gasteiger partial charge in [-0.1, -0.05) is 6.92 Å². The molecule has 2 aromatic heterocycles. The Kier molecular flexibility index (Phi) is 4.99. The largest absolute Gasteiger partial charge is 0.351 e. The van der Waals surface area contributed by atoms with Crippen LogP contribution in [0.5, 0.6) is 0 Å². The lowest BCUT2D eigenvalue weighted by Crippen LogP contribution is -2.40. The van der Waals surface area contributed by atoms with E-state index >= 15 is 0 Å². The Morgan fingerprint density at radius 1 is 1.33 bits per heavy atom. The van der Waals surface area contributed by atoms with Crippen LogP contribution in [0, 0.1) is 5.92 Å². The van der Waals surface area contributed by atoms with Crippen LogP contribution >= 0.6 is 0 Å². The van der Waals surface area contributed by atoms with Crippen LogP contribution in [0.25, 0.3) is 11.3 Å². The Morgan fingerprint density at radius 3 is 2.88 bits per heavy atom. The summed E-state index contributed by atoms with van der Waals surface area (Å²) in [5.41, 5.74) is 2.13. The number of amides is 1. The van der Waals surface area contributed by atoms with Crippen molar-refractivity contribution in [2.24, 2.45) is 20.0 Å². The van der Waals surface area contributed by atoms with Crippen LogP contribution in [0.15, 0.2) is 18.6 Å². The molecule has 0 bridgehead atoms. The van der Waals surface area contributed by atoms with Gasteiger partial charge in [-0.25, -0.2) is 0 Å². The molecule has 1 N–H and O–H groups in total. The molecule has 7 heteroatoms. The Hall–Kier alpha value is -2.15. The Bertz CT molecular complexity index is 704. The third-order valence-corrected chi connectivity index (χ3v) is 4.51. The highest BCUT2D eigenvalue weighted by molar-refractivity contribution is 5.99. The molecular weight excluding hydrogens is 304 g/mol. The number of hydrogen-bond acceptors (Lipinski definition) is 4. The molecule has 1 fully saturated rings. The highest BCUT2D eigenvalue weighted by Gasteiger charge is 2.19. The van der Waals surface area contributed by atoms with Gasteiger partial charge in [0.15, 0.2) is 0 Å². The van der Waals surface area contributed by atoms with Crippen LogP contribution in [0.2, 0.25) is 0 Å². The van der Waals surface area contributed by atoms with Crippen molar-refractivity contribution in [2.75, 3.05) is 26.2 Å². The Balaban J connectivity index is 1.61. The molecule has 0 saturated carbocycles. The van der Waals surface area contributed by atoms with Gasteiger partial charge in [-0.3, -0.25) is 14.2 Å². The van der Waals surface area contributed by atoms with Gasteiger partial charge in [-0.2, -0.15) is 10.2 Å². The average molecular weight is 330 g/mol. The second-order valence-electron chi connectivity index (χ2n) is 6.77. The summed E-state index contributed by atoms with van der Waals surface area (Å²) in [4.78, 5) is 15.0. The summed E-state index contributed by atoms with van der Waals surface area (Å²) < 4.78 is 3.38. The number of aryl methyl sites for hydroxylation is 2. The van der Waals surface area contributed by atoms with Crippen molar-refractivity contribution in [1.82, 2.24) is 29.8 Å². The zero-order valence-electron chi connectivity index (χ0n) is 14.7. The smallest absolute Gasteiger partial charge is 0.255 e. The van der Waals surface area contributed by atoms with Gasteiger partial charge >= 0.3 is 0 Å². The number of nitrogens with one attached hydrogen (secondary N) is 1. The number of likely N-dealkylation sites (tertiary alicyclic amines) is 1. The van der Waals surface area contributed by atoms with E-state index in [-0.39, 0.29) is 5.91 Å². The molecule has 2 aromatic rings. The summed E-state index contributed by atoms with van der Waals surface area (Å²) in [5.74, 6) is 0.678. The van der Waals surface area contributed by atoms with E-state index in [9.17, 15) is 4.79 Å². The number of carbonyl (C=O) groups excluding carboxylic acids is 1. The third kappa shape index (κ3) is 3.84. The van der Waals surface area contributed by atoms with E-state index in [2.05, 4.69) is 27.3 Å². The lowest BCUT2D eigenvalue weighted by atomic mass is 10.0. The Morgan fingerprint density at radius 2 is 2.17 bits per heavy atom. The molecule has 3 rings (SSSR count). The molecule has 0 radical (unpaired) electrons. The van der Waals surface area contributed by atoms with E-state index in [0.717, 1.165) is 31.1 Å². The van der Waals surface area contributed by atoms with Crippen LogP contribution < -0.4 is 5.32 Å². The van der Waals surface area contributed by atoms with Gasteiger partial charge in [-0.15, -0.1) is 0 Å². The summed E-state index contributed by atoms with van der Waals surface area (Å²) in [6.07, 6.45) is 7.93. The van der Waals surface area contributed by atoms with Crippen LogP contribution in [-0.2, 0) is 14.1 Å². The van der Waals surface area contributed by atoms with Crippen LogP contribution in [-0.4, -0.2) is 56.5 Å². The fourth-order valence-electron chi connectivity index (χ4n) is 3.32. The molecule has 1 amide bonds. The molecule has 0 aromatic carbocycles. The predicted molar refractivity (Wildman–Crippen MR) is 92.6 cm³/mol. The molecule has 0 spiro atoms. The second kappa shape index (κ2) is 7.17. The first-order valence-corrected chi connectivity index (χ1v) is 8.56. The van der Waals surface area contributed by atoms with Crippen molar-refractivity contribution >= 4 is 5.91 Å². The lowest BCUT2D eigenvalue weighted by molar-refractivity contribution is 0.0944. The van der Waals surface area contributed by atoms with Crippen molar-refractivity contribution in [3.05, 3.63) is 24.2 Å². The summed E-state index contributed by atoms with van der Waals surface area (Å²) in [7, 11) is 3.68. The molecule has 1 atom stereocenters. The molecule has 0 aliphatic carbocycles. The fourth-order valence-corrected chi connectivity index (χ4v) is 3.32. The van der Waals surface area contributed by atoms with Gasteiger partial charge in [-0.05, 0) is 25.3 Å². The number of hydrogen-bond donors (Lipinski definition) is 1. The first-order valence-electron chi connectivity index (χ1n) is 8.56. The first-order chi connectivity index (χ1) is 11.5. The van der Waals surface area contributed by atoms with E-state index in [1.165, 1.54) is 12.8 Å². The van der Waals surface area contributed by atoms with Crippen molar-refractivity contribution < 1.29 is 4.79 Å². The van der Waals surface area contributed by atoms with Crippen molar-refractivity contribution in [3.8, 4) is 11.3 Å². The van der Waals surface area contributed by atoms with Gasteiger partial charge < -0.3 is 10.2 Å². The number of piperidine rings is 1. The first kappa shape index (κ1) is 16.7.